The average Bonchev–Trinajstić information content (AvgIpc) is 3.38. The van der Waals surface area contributed by atoms with Crippen LogP contribution in [0.25, 0.3) is 0 Å². The molecular weight excluding hydrogens is 282 g/mol. The van der Waals surface area contributed by atoms with Gasteiger partial charge in [0, 0.05) is 19.7 Å². The summed E-state index contributed by atoms with van der Waals surface area (Å²) in [6.07, 6.45) is 2.56. The van der Waals surface area contributed by atoms with Crippen molar-refractivity contribution in [2.75, 3.05) is 26.3 Å². The van der Waals surface area contributed by atoms with E-state index in [1.165, 1.54) is 0 Å². The lowest BCUT2D eigenvalue weighted by molar-refractivity contribution is 0.0230. The Hall–Kier alpha value is -1.59. The van der Waals surface area contributed by atoms with Gasteiger partial charge >= 0.3 is 6.09 Å². The van der Waals surface area contributed by atoms with Gasteiger partial charge in [-0.2, -0.15) is 0 Å². The number of amides is 1. The smallest absolute Gasteiger partial charge is 0.410 e. The molecule has 0 saturated carbocycles. The molecule has 0 bridgehead atoms. The fourth-order valence-corrected chi connectivity index (χ4v) is 3.07. The lowest BCUT2D eigenvalue weighted by Crippen LogP contribution is -2.45. The van der Waals surface area contributed by atoms with E-state index in [0.717, 1.165) is 31.4 Å². The van der Waals surface area contributed by atoms with Gasteiger partial charge in [-0.1, -0.05) is 30.3 Å². The highest BCUT2D eigenvalue weighted by molar-refractivity contribution is 5.67. The van der Waals surface area contributed by atoms with Gasteiger partial charge in [-0.3, -0.25) is 0 Å². The second-order valence-corrected chi connectivity index (χ2v) is 6.34. The standard InChI is InChI=1S/C17H23NO4/c19-13-17(10-15-12-21-15)6-8-18(9-7-17)16(20)22-11-14-4-2-1-3-5-14/h1-5,15,19H,6-13H2/t15-/m0/s1. The molecular formula is C17H23NO4. The van der Waals surface area contributed by atoms with Gasteiger partial charge in [-0.15, -0.1) is 0 Å². The van der Waals surface area contributed by atoms with Crippen molar-refractivity contribution >= 4 is 6.09 Å². The maximum Gasteiger partial charge on any atom is 0.410 e. The minimum atomic E-state index is -0.266. The number of aliphatic hydroxyl groups is 1. The number of piperidine rings is 1. The number of nitrogens with zero attached hydrogens (tertiary/aromatic N) is 1. The van der Waals surface area contributed by atoms with Crippen molar-refractivity contribution in [1.82, 2.24) is 4.90 Å². The summed E-state index contributed by atoms with van der Waals surface area (Å²) in [7, 11) is 0. The summed E-state index contributed by atoms with van der Waals surface area (Å²) in [5.41, 5.74) is 0.903. The molecule has 0 radical (unpaired) electrons. The van der Waals surface area contributed by atoms with E-state index in [2.05, 4.69) is 0 Å². The molecule has 0 spiro atoms. The summed E-state index contributed by atoms with van der Waals surface area (Å²) in [5, 5.41) is 9.70. The predicted octanol–water partition coefficient (Wildman–Crippen LogP) is 2.19. The van der Waals surface area contributed by atoms with Crippen molar-refractivity contribution in [3.8, 4) is 0 Å². The Morgan fingerprint density at radius 1 is 1.32 bits per heavy atom. The van der Waals surface area contributed by atoms with E-state index in [0.29, 0.717) is 25.8 Å². The van der Waals surface area contributed by atoms with Crippen LogP contribution in [0.3, 0.4) is 0 Å². The first kappa shape index (κ1) is 15.3. The molecule has 1 aromatic carbocycles. The Balaban J connectivity index is 1.46. The Kier molecular flexibility index (Phi) is 4.64. The van der Waals surface area contributed by atoms with Gasteiger partial charge in [0.25, 0.3) is 0 Å². The molecule has 0 unspecified atom stereocenters. The topological polar surface area (TPSA) is 62.3 Å². The average molecular weight is 305 g/mol. The number of hydrogen-bond donors (Lipinski definition) is 1. The third kappa shape index (κ3) is 3.78. The number of epoxide rings is 1. The largest absolute Gasteiger partial charge is 0.445 e. The minimum absolute atomic E-state index is 0.0859. The van der Waals surface area contributed by atoms with E-state index in [9.17, 15) is 9.90 Å². The van der Waals surface area contributed by atoms with Crippen molar-refractivity contribution < 1.29 is 19.4 Å². The van der Waals surface area contributed by atoms with Crippen molar-refractivity contribution in [2.24, 2.45) is 5.41 Å². The van der Waals surface area contributed by atoms with Crippen LogP contribution in [0.1, 0.15) is 24.8 Å². The molecule has 0 aromatic heterocycles. The fraction of sp³-hybridized carbons (Fsp3) is 0.588. The van der Waals surface area contributed by atoms with Crippen LogP contribution in [-0.2, 0) is 16.1 Å². The first-order valence-corrected chi connectivity index (χ1v) is 7.89. The first-order chi connectivity index (χ1) is 10.7. The first-order valence-electron chi connectivity index (χ1n) is 7.89. The summed E-state index contributed by atoms with van der Waals surface area (Å²) in [6.45, 7) is 2.56. The Morgan fingerprint density at radius 3 is 2.59 bits per heavy atom. The van der Waals surface area contributed by atoms with Crippen molar-refractivity contribution in [2.45, 2.75) is 32.0 Å². The van der Waals surface area contributed by atoms with Crippen molar-refractivity contribution in [1.29, 1.82) is 0 Å². The van der Waals surface area contributed by atoms with Gasteiger partial charge in [0.1, 0.15) is 6.61 Å². The number of rotatable bonds is 5. The summed E-state index contributed by atoms with van der Waals surface area (Å²) < 4.78 is 10.6. The summed E-state index contributed by atoms with van der Waals surface area (Å²) in [6, 6.07) is 9.68. The zero-order valence-electron chi connectivity index (χ0n) is 12.7. The molecule has 2 aliphatic heterocycles. The Morgan fingerprint density at radius 2 is 2.00 bits per heavy atom. The van der Waals surface area contributed by atoms with Crippen LogP contribution in [-0.4, -0.2) is 48.5 Å². The highest BCUT2D eigenvalue weighted by atomic mass is 16.6. The fourth-order valence-electron chi connectivity index (χ4n) is 3.07. The zero-order valence-corrected chi connectivity index (χ0v) is 12.7. The summed E-state index contributed by atoms with van der Waals surface area (Å²) in [4.78, 5) is 13.9. The molecule has 2 heterocycles. The lowest BCUT2D eigenvalue weighted by atomic mass is 9.75. The van der Waals surface area contributed by atoms with Crippen LogP contribution in [0.2, 0.25) is 0 Å². The van der Waals surface area contributed by atoms with Crippen LogP contribution in [0.15, 0.2) is 30.3 Å². The van der Waals surface area contributed by atoms with Crippen LogP contribution >= 0.6 is 0 Å². The number of likely N-dealkylation sites (tertiary alicyclic amines) is 1. The quantitative estimate of drug-likeness (QED) is 0.847. The van der Waals surface area contributed by atoms with Gasteiger partial charge in [-0.25, -0.2) is 4.79 Å². The van der Waals surface area contributed by atoms with E-state index in [-0.39, 0.29) is 18.1 Å². The number of ether oxygens (including phenoxy) is 2. The number of benzene rings is 1. The van der Waals surface area contributed by atoms with E-state index in [1.807, 2.05) is 30.3 Å². The van der Waals surface area contributed by atoms with E-state index < -0.39 is 0 Å². The molecule has 2 aliphatic rings. The van der Waals surface area contributed by atoms with Gasteiger partial charge < -0.3 is 19.5 Å². The van der Waals surface area contributed by atoms with Crippen LogP contribution in [0.5, 0.6) is 0 Å². The normalized spacial score (nSPS) is 23.1. The molecule has 1 amide bonds. The van der Waals surface area contributed by atoms with Gasteiger partial charge in [-0.05, 0) is 30.2 Å². The van der Waals surface area contributed by atoms with Crippen LogP contribution < -0.4 is 0 Å². The number of carbonyl (C=O) groups excluding carboxylic acids is 1. The molecule has 5 nitrogen and oxygen atoms in total. The van der Waals surface area contributed by atoms with Gasteiger partial charge in [0.2, 0.25) is 0 Å². The van der Waals surface area contributed by atoms with Crippen LogP contribution in [0.4, 0.5) is 4.79 Å². The summed E-state index contributed by atoms with van der Waals surface area (Å²) in [5.74, 6) is 0. The SMILES string of the molecule is O=C(OCc1ccccc1)N1CCC(CO)(C[C@H]2CO2)CC1. The minimum Gasteiger partial charge on any atom is -0.445 e. The monoisotopic (exact) mass is 305 g/mol. The second kappa shape index (κ2) is 6.67. The van der Waals surface area contributed by atoms with Crippen LogP contribution in [0, 0.1) is 5.41 Å². The summed E-state index contributed by atoms with van der Waals surface area (Å²) >= 11 is 0. The third-order valence-corrected chi connectivity index (χ3v) is 4.69. The molecule has 22 heavy (non-hydrogen) atoms. The van der Waals surface area contributed by atoms with Crippen molar-refractivity contribution in [3.63, 3.8) is 0 Å². The molecule has 120 valence electrons. The molecule has 3 rings (SSSR count). The van der Waals surface area contributed by atoms with Crippen molar-refractivity contribution in [3.05, 3.63) is 35.9 Å². The third-order valence-electron chi connectivity index (χ3n) is 4.69. The molecule has 5 heteroatoms. The lowest BCUT2D eigenvalue weighted by Gasteiger charge is -2.40. The van der Waals surface area contributed by atoms with E-state index in [4.69, 9.17) is 9.47 Å². The number of hydrogen-bond acceptors (Lipinski definition) is 4. The molecule has 1 N–H and O–H groups in total. The molecule has 2 fully saturated rings. The van der Waals surface area contributed by atoms with Gasteiger partial charge in [0.05, 0.1) is 12.7 Å². The Labute approximate surface area is 130 Å². The molecule has 1 aromatic rings. The van der Waals surface area contributed by atoms with Gasteiger partial charge in [0.15, 0.2) is 0 Å². The highest BCUT2D eigenvalue weighted by Crippen LogP contribution is 2.39. The maximum atomic E-state index is 12.1. The maximum absolute atomic E-state index is 12.1. The van der Waals surface area contributed by atoms with E-state index in [1.54, 1.807) is 4.90 Å². The van der Waals surface area contributed by atoms with E-state index >= 15 is 0 Å². The predicted molar refractivity (Wildman–Crippen MR) is 81.3 cm³/mol. The molecule has 0 aliphatic carbocycles. The highest BCUT2D eigenvalue weighted by Gasteiger charge is 2.40. The number of carbonyl (C=O) groups is 1. The Bertz CT molecular complexity index is 493. The molecule has 1 atom stereocenters. The zero-order chi connectivity index (χ0) is 15.4. The molecule has 2 saturated heterocycles. The number of aliphatic hydroxyl groups excluding tert-OH is 1. The second-order valence-electron chi connectivity index (χ2n) is 6.34.